The zero-order valence-corrected chi connectivity index (χ0v) is 16.6. The minimum atomic E-state index is -0.0227. The van der Waals surface area contributed by atoms with E-state index in [4.69, 9.17) is 4.74 Å². The summed E-state index contributed by atoms with van der Waals surface area (Å²) in [6.07, 6.45) is 5.22. The molecule has 25 heavy (non-hydrogen) atoms. The van der Waals surface area contributed by atoms with Crippen molar-refractivity contribution in [2.24, 2.45) is 11.8 Å². The normalized spacial score (nSPS) is 25.2. The van der Waals surface area contributed by atoms with Crippen LogP contribution in [0.1, 0.15) is 71.4 Å². The van der Waals surface area contributed by atoms with E-state index in [-0.39, 0.29) is 24.0 Å². The molecule has 0 amide bonds. The summed E-state index contributed by atoms with van der Waals surface area (Å²) in [6.45, 7) is 8.63. The number of hydrogen-bond acceptors (Lipinski definition) is 3. The maximum Gasteiger partial charge on any atom is 0.311 e. The first-order valence-corrected chi connectivity index (χ1v) is 9.96. The second-order valence-electron chi connectivity index (χ2n) is 7.63. The topological polar surface area (TPSA) is 29.5 Å². The monoisotopic (exact) mass is 345 g/mol. The van der Waals surface area contributed by atoms with Crippen LogP contribution in [0.3, 0.4) is 0 Å². The fraction of sp³-hybridized carbons (Fsp3) is 0.682. The third-order valence-corrected chi connectivity index (χ3v) is 6.07. The average Bonchev–Trinajstić information content (AvgIpc) is 2.65. The lowest BCUT2D eigenvalue weighted by atomic mass is 9.75. The molecule has 4 atom stereocenters. The van der Waals surface area contributed by atoms with Gasteiger partial charge in [0, 0.05) is 12.1 Å². The predicted molar refractivity (Wildman–Crippen MR) is 103 cm³/mol. The number of rotatable bonds is 7. The molecule has 1 aliphatic rings. The van der Waals surface area contributed by atoms with E-state index in [1.807, 2.05) is 0 Å². The SMILES string of the molecule is CCC(CC)OC(=O)[C@H]1[C@@H](C)CCC[C@@H]1N(C)[C@@H](C)c1ccccc1. The van der Waals surface area contributed by atoms with Crippen LogP contribution >= 0.6 is 0 Å². The zero-order valence-electron chi connectivity index (χ0n) is 16.6. The Morgan fingerprint density at radius 1 is 1.20 bits per heavy atom. The molecule has 0 bridgehead atoms. The maximum absolute atomic E-state index is 13.0. The molecule has 0 heterocycles. The number of carbonyl (C=O) groups excluding carboxylic acids is 1. The molecule has 1 aromatic carbocycles. The van der Waals surface area contributed by atoms with Crippen molar-refractivity contribution in [1.82, 2.24) is 4.90 Å². The third kappa shape index (κ3) is 4.84. The number of ether oxygens (including phenoxy) is 1. The number of esters is 1. The number of hydrogen-bond donors (Lipinski definition) is 0. The summed E-state index contributed by atoms with van der Waals surface area (Å²) in [7, 11) is 2.16. The van der Waals surface area contributed by atoms with Crippen LogP contribution in [0.2, 0.25) is 0 Å². The van der Waals surface area contributed by atoms with Crippen molar-refractivity contribution in [3.05, 3.63) is 35.9 Å². The lowest BCUT2D eigenvalue weighted by Gasteiger charge is -2.43. The van der Waals surface area contributed by atoms with E-state index in [0.29, 0.717) is 12.0 Å². The smallest absolute Gasteiger partial charge is 0.311 e. The van der Waals surface area contributed by atoms with Crippen LogP contribution in [0.4, 0.5) is 0 Å². The summed E-state index contributed by atoms with van der Waals surface area (Å²) in [5.74, 6) is 0.370. The third-order valence-electron chi connectivity index (χ3n) is 6.07. The van der Waals surface area contributed by atoms with Gasteiger partial charge < -0.3 is 4.74 Å². The predicted octanol–water partition coefficient (Wildman–Crippen LogP) is 5.22. The molecule has 0 unspecified atom stereocenters. The van der Waals surface area contributed by atoms with Gasteiger partial charge in [0.05, 0.1) is 5.92 Å². The first kappa shape index (κ1) is 20.0. The molecule has 0 saturated heterocycles. The van der Waals surface area contributed by atoms with Crippen molar-refractivity contribution in [2.45, 2.75) is 78.0 Å². The van der Waals surface area contributed by atoms with Gasteiger partial charge >= 0.3 is 5.97 Å². The molecule has 3 heteroatoms. The maximum atomic E-state index is 13.0. The molecule has 0 spiro atoms. The van der Waals surface area contributed by atoms with Crippen molar-refractivity contribution in [2.75, 3.05) is 7.05 Å². The quantitative estimate of drug-likeness (QED) is 0.635. The first-order valence-electron chi connectivity index (χ1n) is 9.96. The van der Waals surface area contributed by atoms with Gasteiger partial charge in [0.25, 0.3) is 0 Å². The molecule has 2 rings (SSSR count). The van der Waals surface area contributed by atoms with Gasteiger partial charge in [0.15, 0.2) is 0 Å². The zero-order chi connectivity index (χ0) is 18.4. The lowest BCUT2D eigenvalue weighted by Crippen LogP contribution is -2.48. The molecule has 1 fully saturated rings. The summed E-state index contributed by atoms with van der Waals surface area (Å²) in [5.41, 5.74) is 1.30. The molecule has 1 aliphatic carbocycles. The molecular weight excluding hydrogens is 310 g/mol. The van der Waals surface area contributed by atoms with Gasteiger partial charge in [0.2, 0.25) is 0 Å². The molecule has 1 aromatic rings. The van der Waals surface area contributed by atoms with Gasteiger partial charge in [-0.3, -0.25) is 9.69 Å². The minimum absolute atomic E-state index is 0.0120. The molecular formula is C22H35NO2. The van der Waals surface area contributed by atoms with E-state index in [1.54, 1.807) is 0 Å². The Hall–Kier alpha value is -1.35. The second kappa shape index (κ2) is 9.38. The molecule has 0 aromatic heterocycles. The Kier molecular flexibility index (Phi) is 7.49. The molecule has 0 N–H and O–H groups in total. The van der Waals surface area contributed by atoms with Crippen molar-refractivity contribution in [3.63, 3.8) is 0 Å². The largest absolute Gasteiger partial charge is 0.462 e. The number of carbonyl (C=O) groups is 1. The summed E-state index contributed by atoms with van der Waals surface area (Å²) in [5, 5.41) is 0. The van der Waals surface area contributed by atoms with E-state index < -0.39 is 0 Å². The highest BCUT2D eigenvalue weighted by molar-refractivity contribution is 5.74. The van der Waals surface area contributed by atoms with Crippen LogP contribution in [0.15, 0.2) is 30.3 Å². The highest BCUT2D eigenvalue weighted by Crippen LogP contribution is 2.37. The van der Waals surface area contributed by atoms with E-state index in [2.05, 4.69) is 70.0 Å². The van der Waals surface area contributed by atoms with Crippen molar-refractivity contribution >= 4 is 5.97 Å². The van der Waals surface area contributed by atoms with Crippen LogP contribution < -0.4 is 0 Å². The Balaban J connectivity index is 2.16. The Labute approximate surface area is 153 Å². The Morgan fingerprint density at radius 2 is 1.84 bits per heavy atom. The summed E-state index contributed by atoms with van der Waals surface area (Å²) in [4.78, 5) is 15.4. The van der Waals surface area contributed by atoms with E-state index in [9.17, 15) is 4.79 Å². The summed E-state index contributed by atoms with van der Waals surface area (Å²) in [6, 6.07) is 11.1. The van der Waals surface area contributed by atoms with Gasteiger partial charge in [-0.05, 0) is 51.1 Å². The molecule has 140 valence electrons. The molecule has 0 aliphatic heterocycles. The van der Waals surface area contributed by atoms with E-state index in [0.717, 1.165) is 25.7 Å². The van der Waals surface area contributed by atoms with Crippen molar-refractivity contribution in [3.8, 4) is 0 Å². The van der Waals surface area contributed by atoms with Gasteiger partial charge in [-0.15, -0.1) is 0 Å². The van der Waals surface area contributed by atoms with Gasteiger partial charge in [0.1, 0.15) is 6.10 Å². The average molecular weight is 346 g/mol. The van der Waals surface area contributed by atoms with Crippen molar-refractivity contribution in [1.29, 1.82) is 0 Å². The van der Waals surface area contributed by atoms with Crippen LogP contribution in [0.5, 0.6) is 0 Å². The van der Waals surface area contributed by atoms with Crippen molar-refractivity contribution < 1.29 is 9.53 Å². The summed E-state index contributed by atoms with van der Waals surface area (Å²) < 4.78 is 5.86. The van der Waals surface area contributed by atoms with Crippen LogP contribution in [-0.4, -0.2) is 30.1 Å². The van der Waals surface area contributed by atoms with Crippen LogP contribution in [-0.2, 0) is 9.53 Å². The summed E-state index contributed by atoms with van der Waals surface area (Å²) >= 11 is 0. The van der Waals surface area contributed by atoms with E-state index in [1.165, 1.54) is 12.0 Å². The fourth-order valence-electron chi connectivity index (χ4n) is 4.19. The number of nitrogens with zero attached hydrogens (tertiary/aromatic N) is 1. The molecule has 3 nitrogen and oxygen atoms in total. The highest BCUT2D eigenvalue weighted by atomic mass is 16.5. The van der Waals surface area contributed by atoms with Crippen LogP contribution in [0, 0.1) is 11.8 Å². The minimum Gasteiger partial charge on any atom is -0.462 e. The van der Waals surface area contributed by atoms with E-state index >= 15 is 0 Å². The van der Waals surface area contributed by atoms with Crippen LogP contribution in [0.25, 0.3) is 0 Å². The Bertz CT molecular complexity index is 526. The Morgan fingerprint density at radius 3 is 2.44 bits per heavy atom. The fourth-order valence-corrected chi connectivity index (χ4v) is 4.19. The number of benzene rings is 1. The van der Waals surface area contributed by atoms with Gasteiger partial charge in [-0.25, -0.2) is 0 Å². The molecule has 0 radical (unpaired) electrons. The lowest BCUT2D eigenvalue weighted by molar-refractivity contribution is -0.161. The standard InChI is InChI=1S/C22H35NO2/c1-6-19(7-2)25-22(24)21-16(3)12-11-15-20(21)23(5)17(4)18-13-9-8-10-14-18/h8-10,13-14,16-17,19-21H,6-7,11-12,15H2,1-5H3/t16-,17-,20-,21-/m0/s1. The second-order valence-corrected chi connectivity index (χ2v) is 7.63. The first-order chi connectivity index (χ1) is 12.0. The highest BCUT2D eigenvalue weighted by Gasteiger charge is 2.41. The van der Waals surface area contributed by atoms with Gasteiger partial charge in [-0.2, -0.15) is 0 Å². The van der Waals surface area contributed by atoms with Gasteiger partial charge in [-0.1, -0.05) is 57.5 Å². The molecule has 1 saturated carbocycles.